The van der Waals surface area contributed by atoms with Crippen LogP contribution in [0.15, 0.2) is 0 Å². The van der Waals surface area contributed by atoms with Crippen molar-refractivity contribution in [3.05, 3.63) is 0 Å². The summed E-state index contributed by atoms with van der Waals surface area (Å²) in [5, 5.41) is 0. The summed E-state index contributed by atoms with van der Waals surface area (Å²) in [6.07, 6.45) is 6.98. The molecule has 0 fully saturated rings. The average Bonchev–Trinajstić information content (AvgIpc) is 2.16. The molecule has 0 rings (SSSR count). The second-order valence-electron chi connectivity index (χ2n) is 4.26. The highest BCUT2D eigenvalue weighted by Crippen LogP contribution is 2.12. The van der Waals surface area contributed by atoms with Gasteiger partial charge < -0.3 is 4.90 Å². The minimum atomic E-state index is 0.934. The Morgan fingerprint density at radius 1 is 1.08 bits per heavy atom. The minimum absolute atomic E-state index is 0.934. The third-order valence-electron chi connectivity index (χ3n) is 2.97. The van der Waals surface area contributed by atoms with Gasteiger partial charge in [-0.25, -0.2) is 0 Å². The molecule has 1 atom stereocenters. The van der Waals surface area contributed by atoms with Gasteiger partial charge in [0, 0.05) is 0 Å². The highest BCUT2D eigenvalue weighted by Gasteiger charge is 1.98. The summed E-state index contributed by atoms with van der Waals surface area (Å²) in [6, 6.07) is 0. The van der Waals surface area contributed by atoms with Gasteiger partial charge in [-0.05, 0) is 32.5 Å². The van der Waals surface area contributed by atoms with Crippen LogP contribution in [0.4, 0.5) is 0 Å². The Bertz CT molecular complexity index is 89.3. The SMILES string of the molecule is CCC(C)CCCCCN(C)CC. The van der Waals surface area contributed by atoms with Gasteiger partial charge in [0.2, 0.25) is 0 Å². The molecule has 0 aliphatic heterocycles. The first kappa shape index (κ1) is 13.0. The van der Waals surface area contributed by atoms with Crippen molar-refractivity contribution in [2.45, 2.75) is 52.9 Å². The molecule has 0 saturated carbocycles. The predicted molar refractivity (Wildman–Crippen MR) is 61.1 cm³/mol. The normalized spacial score (nSPS) is 13.6. The van der Waals surface area contributed by atoms with Gasteiger partial charge in [-0.1, -0.05) is 46.5 Å². The molecule has 1 heteroatoms. The van der Waals surface area contributed by atoms with Gasteiger partial charge in [-0.15, -0.1) is 0 Å². The Morgan fingerprint density at radius 2 is 1.77 bits per heavy atom. The molecule has 0 saturated heterocycles. The highest BCUT2D eigenvalue weighted by molar-refractivity contribution is 4.53. The quantitative estimate of drug-likeness (QED) is 0.523. The molecule has 0 aliphatic rings. The van der Waals surface area contributed by atoms with E-state index in [9.17, 15) is 0 Å². The van der Waals surface area contributed by atoms with Crippen molar-refractivity contribution < 1.29 is 0 Å². The van der Waals surface area contributed by atoms with E-state index in [0.717, 1.165) is 5.92 Å². The van der Waals surface area contributed by atoms with Crippen LogP contribution in [-0.2, 0) is 0 Å². The van der Waals surface area contributed by atoms with Gasteiger partial charge in [0.05, 0.1) is 0 Å². The summed E-state index contributed by atoms with van der Waals surface area (Å²) in [4.78, 5) is 2.39. The van der Waals surface area contributed by atoms with E-state index in [1.54, 1.807) is 0 Å². The molecule has 0 radical (unpaired) electrons. The van der Waals surface area contributed by atoms with Gasteiger partial charge in [0.15, 0.2) is 0 Å². The standard InChI is InChI=1S/C12H27N/c1-5-12(3)10-8-7-9-11-13(4)6-2/h12H,5-11H2,1-4H3. The highest BCUT2D eigenvalue weighted by atomic mass is 15.1. The Hall–Kier alpha value is -0.0400. The lowest BCUT2D eigenvalue weighted by molar-refractivity contribution is 0.337. The van der Waals surface area contributed by atoms with Gasteiger partial charge in [-0.3, -0.25) is 0 Å². The maximum atomic E-state index is 2.39. The van der Waals surface area contributed by atoms with Gasteiger partial charge in [0.25, 0.3) is 0 Å². The van der Waals surface area contributed by atoms with Gasteiger partial charge >= 0.3 is 0 Å². The molecule has 0 aromatic carbocycles. The lowest BCUT2D eigenvalue weighted by Gasteiger charge is -2.13. The first-order chi connectivity index (χ1) is 6.20. The van der Waals surface area contributed by atoms with Crippen LogP contribution in [-0.4, -0.2) is 25.0 Å². The number of nitrogens with zero attached hydrogens (tertiary/aromatic N) is 1. The van der Waals surface area contributed by atoms with Crippen LogP contribution >= 0.6 is 0 Å². The molecular weight excluding hydrogens is 158 g/mol. The summed E-state index contributed by atoms with van der Waals surface area (Å²) in [6.45, 7) is 9.33. The van der Waals surface area contributed by atoms with E-state index in [1.165, 1.54) is 45.2 Å². The second-order valence-corrected chi connectivity index (χ2v) is 4.26. The molecule has 0 amide bonds. The zero-order valence-electron chi connectivity index (χ0n) is 9.97. The summed E-state index contributed by atoms with van der Waals surface area (Å²) in [5.41, 5.74) is 0. The van der Waals surface area contributed by atoms with Crippen molar-refractivity contribution in [1.82, 2.24) is 4.90 Å². The van der Waals surface area contributed by atoms with E-state index in [1.807, 2.05) is 0 Å². The Balaban J connectivity index is 3.08. The predicted octanol–water partition coefficient (Wildman–Crippen LogP) is 3.54. The molecule has 0 aromatic rings. The van der Waals surface area contributed by atoms with Crippen LogP contribution in [0.25, 0.3) is 0 Å². The van der Waals surface area contributed by atoms with E-state index < -0.39 is 0 Å². The van der Waals surface area contributed by atoms with Crippen molar-refractivity contribution in [1.29, 1.82) is 0 Å². The van der Waals surface area contributed by atoms with E-state index in [0.29, 0.717) is 0 Å². The molecule has 0 N–H and O–H groups in total. The molecule has 0 bridgehead atoms. The Morgan fingerprint density at radius 3 is 2.31 bits per heavy atom. The smallest absolute Gasteiger partial charge is 0.00219 e. The van der Waals surface area contributed by atoms with E-state index >= 15 is 0 Å². The largest absolute Gasteiger partial charge is 0.307 e. The molecule has 0 aliphatic carbocycles. The van der Waals surface area contributed by atoms with E-state index in [4.69, 9.17) is 0 Å². The first-order valence-corrected chi connectivity index (χ1v) is 5.89. The molecule has 80 valence electrons. The monoisotopic (exact) mass is 185 g/mol. The van der Waals surface area contributed by atoms with Crippen LogP contribution < -0.4 is 0 Å². The van der Waals surface area contributed by atoms with Crippen molar-refractivity contribution in [3.63, 3.8) is 0 Å². The van der Waals surface area contributed by atoms with Crippen LogP contribution in [0.5, 0.6) is 0 Å². The van der Waals surface area contributed by atoms with Crippen LogP contribution in [0.2, 0.25) is 0 Å². The zero-order valence-corrected chi connectivity index (χ0v) is 9.97. The molecule has 1 unspecified atom stereocenters. The maximum absolute atomic E-state index is 2.39. The maximum Gasteiger partial charge on any atom is -0.00219 e. The van der Waals surface area contributed by atoms with Gasteiger partial charge in [0.1, 0.15) is 0 Å². The summed E-state index contributed by atoms with van der Waals surface area (Å²) >= 11 is 0. The van der Waals surface area contributed by atoms with Crippen molar-refractivity contribution in [2.75, 3.05) is 20.1 Å². The molecule has 0 heterocycles. The Kier molecular flexibility index (Phi) is 8.53. The molecule has 1 nitrogen and oxygen atoms in total. The lowest BCUT2D eigenvalue weighted by Crippen LogP contribution is -2.18. The number of rotatable bonds is 8. The second kappa shape index (κ2) is 8.55. The number of hydrogen-bond donors (Lipinski definition) is 0. The Labute approximate surface area is 84.5 Å². The minimum Gasteiger partial charge on any atom is -0.307 e. The third-order valence-corrected chi connectivity index (χ3v) is 2.97. The average molecular weight is 185 g/mol. The van der Waals surface area contributed by atoms with Crippen molar-refractivity contribution in [2.24, 2.45) is 5.92 Å². The summed E-state index contributed by atoms with van der Waals surface area (Å²) in [7, 11) is 2.20. The molecule has 0 spiro atoms. The zero-order chi connectivity index (χ0) is 10.1. The lowest BCUT2D eigenvalue weighted by atomic mass is 10.0. The van der Waals surface area contributed by atoms with Crippen LogP contribution in [0, 0.1) is 5.92 Å². The van der Waals surface area contributed by atoms with E-state index in [2.05, 4.69) is 32.7 Å². The topological polar surface area (TPSA) is 3.24 Å². The summed E-state index contributed by atoms with van der Waals surface area (Å²) < 4.78 is 0. The molecular formula is C12H27N. The fourth-order valence-electron chi connectivity index (χ4n) is 1.41. The van der Waals surface area contributed by atoms with Crippen LogP contribution in [0.3, 0.4) is 0 Å². The summed E-state index contributed by atoms with van der Waals surface area (Å²) in [5.74, 6) is 0.934. The van der Waals surface area contributed by atoms with Crippen molar-refractivity contribution >= 4 is 0 Å². The van der Waals surface area contributed by atoms with Crippen LogP contribution in [0.1, 0.15) is 52.9 Å². The van der Waals surface area contributed by atoms with E-state index in [-0.39, 0.29) is 0 Å². The third kappa shape index (κ3) is 8.29. The first-order valence-electron chi connectivity index (χ1n) is 5.89. The number of hydrogen-bond acceptors (Lipinski definition) is 1. The molecule has 13 heavy (non-hydrogen) atoms. The molecule has 0 aromatic heterocycles. The fraction of sp³-hybridized carbons (Fsp3) is 1.00. The van der Waals surface area contributed by atoms with Crippen molar-refractivity contribution in [3.8, 4) is 0 Å². The number of unbranched alkanes of at least 4 members (excludes halogenated alkanes) is 2. The fourth-order valence-corrected chi connectivity index (χ4v) is 1.41. The van der Waals surface area contributed by atoms with Gasteiger partial charge in [-0.2, -0.15) is 0 Å².